The zero-order valence-electron chi connectivity index (χ0n) is 12.3. The summed E-state index contributed by atoms with van der Waals surface area (Å²) < 4.78 is 5.69. The number of amides is 1. The smallest absolute Gasteiger partial charge is 0.221 e. The van der Waals surface area contributed by atoms with Gasteiger partial charge in [0.25, 0.3) is 0 Å². The number of carbonyl (C=O) groups is 1. The summed E-state index contributed by atoms with van der Waals surface area (Å²) in [6.45, 7) is 5.41. The first-order chi connectivity index (χ1) is 9.63. The standard InChI is InChI=1S/C16H24N2O2/c1-12-3-7-15(8-4-12)20-11-13(2)17-10-9-16(19)18-14-5-6-14/h3-4,7-8,13-14,17H,5-6,9-11H2,1-2H3,(H,18,19). The highest BCUT2D eigenvalue weighted by Crippen LogP contribution is 2.18. The average molecular weight is 276 g/mol. The van der Waals surface area contributed by atoms with Crippen molar-refractivity contribution in [3.05, 3.63) is 29.8 Å². The number of carbonyl (C=O) groups excluding carboxylic acids is 1. The Morgan fingerprint density at radius 1 is 1.35 bits per heavy atom. The molecular weight excluding hydrogens is 252 g/mol. The highest BCUT2D eigenvalue weighted by Gasteiger charge is 2.22. The fraction of sp³-hybridized carbons (Fsp3) is 0.562. The molecule has 1 amide bonds. The van der Waals surface area contributed by atoms with Crippen LogP contribution in [0.1, 0.15) is 31.7 Å². The van der Waals surface area contributed by atoms with E-state index < -0.39 is 0 Å². The summed E-state index contributed by atoms with van der Waals surface area (Å²) in [6.07, 6.45) is 2.81. The van der Waals surface area contributed by atoms with E-state index in [1.54, 1.807) is 0 Å². The minimum Gasteiger partial charge on any atom is -0.492 e. The van der Waals surface area contributed by atoms with Gasteiger partial charge in [-0.25, -0.2) is 0 Å². The van der Waals surface area contributed by atoms with Crippen LogP contribution in [0.25, 0.3) is 0 Å². The second-order valence-electron chi connectivity index (χ2n) is 5.57. The molecule has 1 aromatic rings. The molecule has 2 N–H and O–H groups in total. The lowest BCUT2D eigenvalue weighted by molar-refractivity contribution is -0.121. The first-order valence-electron chi connectivity index (χ1n) is 7.35. The second kappa shape index (κ2) is 7.29. The van der Waals surface area contributed by atoms with Crippen molar-refractivity contribution in [2.45, 2.75) is 45.2 Å². The van der Waals surface area contributed by atoms with Crippen LogP contribution < -0.4 is 15.4 Å². The van der Waals surface area contributed by atoms with Gasteiger partial charge in [-0.3, -0.25) is 4.79 Å². The highest BCUT2D eigenvalue weighted by molar-refractivity contribution is 5.76. The van der Waals surface area contributed by atoms with Gasteiger partial charge in [0.15, 0.2) is 0 Å². The zero-order chi connectivity index (χ0) is 14.4. The number of ether oxygens (including phenoxy) is 1. The minimum atomic E-state index is 0.145. The van der Waals surface area contributed by atoms with Crippen molar-refractivity contribution < 1.29 is 9.53 Å². The van der Waals surface area contributed by atoms with E-state index in [0.29, 0.717) is 25.6 Å². The summed E-state index contributed by atoms with van der Waals surface area (Å²) in [5, 5.41) is 6.28. The molecule has 4 nitrogen and oxygen atoms in total. The van der Waals surface area contributed by atoms with Crippen molar-refractivity contribution >= 4 is 5.91 Å². The second-order valence-corrected chi connectivity index (χ2v) is 5.57. The molecule has 1 aromatic carbocycles. The maximum Gasteiger partial charge on any atom is 0.221 e. The Morgan fingerprint density at radius 2 is 2.05 bits per heavy atom. The number of hydrogen-bond acceptors (Lipinski definition) is 3. The van der Waals surface area contributed by atoms with Gasteiger partial charge in [-0.15, -0.1) is 0 Å². The number of aryl methyl sites for hydroxylation is 1. The summed E-state index contributed by atoms with van der Waals surface area (Å²) in [6, 6.07) is 8.71. The molecular formula is C16H24N2O2. The number of rotatable bonds is 8. The van der Waals surface area contributed by atoms with Crippen LogP contribution >= 0.6 is 0 Å². The van der Waals surface area contributed by atoms with Crippen molar-refractivity contribution in [2.24, 2.45) is 0 Å². The molecule has 0 heterocycles. The predicted octanol–water partition coefficient (Wildman–Crippen LogP) is 2.02. The molecule has 20 heavy (non-hydrogen) atoms. The maximum atomic E-state index is 11.5. The summed E-state index contributed by atoms with van der Waals surface area (Å²) in [5.41, 5.74) is 1.23. The molecule has 1 saturated carbocycles. The van der Waals surface area contributed by atoms with Crippen LogP contribution in [0.4, 0.5) is 0 Å². The summed E-state index contributed by atoms with van der Waals surface area (Å²) in [4.78, 5) is 11.5. The molecule has 0 aliphatic heterocycles. The molecule has 0 aromatic heterocycles. The maximum absolute atomic E-state index is 11.5. The van der Waals surface area contributed by atoms with E-state index in [9.17, 15) is 4.79 Å². The Labute approximate surface area is 120 Å². The normalized spacial score (nSPS) is 15.7. The van der Waals surface area contributed by atoms with Crippen LogP contribution in [0.15, 0.2) is 24.3 Å². The Hall–Kier alpha value is -1.55. The van der Waals surface area contributed by atoms with E-state index in [0.717, 1.165) is 18.6 Å². The highest BCUT2D eigenvalue weighted by atomic mass is 16.5. The van der Waals surface area contributed by atoms with Crippen molar-refractivity contribution in [3.8, 4) is 5.75 Å². The van der Waals surface area contributed by atoms with Gasteiger partial charge in [-0.05, 0) is 38.8 Å². The average Bonchev–Trinajstić information content (AvgIpc) is 3.22. The number of nitrogens with one attached hydrogen (secondary N) is 2. The molecule has 0 spiro atoms. The van der Waals surface area contributed by atoms with Crippen molar-refractivity contribution in [2.75, 3.05) is 13.2 Å². The van der Waals surface area contributed by atoms with Crippen LogP contribution in [0.5, 0.6) is 5.75 Å². The quantitative estimate of drug-likeness (QED) is 0.764. The fourth-order valence-corrected chi connectivity index (χ4v) is 1.87. The third-order valence-electron chi connectivity index (χ3n) is 3.31. The van der Waals surface area contributed by atoms with Gasteiger partial charge in [0.2, 0.25) is 5.91 Å². The van der Waals surface area contributed by atoms with Gasteiger partial charge < -0.3 is 15.4 Å². The largest absolute Gasteiger partial charge is 0.492 e. The molecule has 1 aliphatic carbocycles. The van der Waals surface area contributed by atoms with E-state index in [1.807, 2.05) is 24.3 Å². The lowest BCUT2D eigenvalue weighted by Crippen LogP contribution is -2.35. The lowest BCUT2D eigenvalue weighted by Gasteiger charge is -2.15. The summed E-state index contributed by atoms with van der Waals surface area (Å²) in [7, 11) is 0. The molecule has 4 heteroatoms. The Bertz CT molecular complexity index is 427. The Balaban J connectivity index is 1.56. The molecule has 2 rings (SSSR count). The van der Waals surface area contributed by atoms with E-state index in [4.69, 9.17) is 4.74 Å². The van der Waals surface area contributed by atoms with Crippen LogP contribution in [0.2, 0.25) is 0 Å². The molecule has 1 fully saturated rings. The topological polar surface area (TPSA) is 50.4 Å². The third kappa shape index (κ3) is 5.61. The molecule has 1 atom stereocenters. The number of hydrogen-bond donors (Lipinski definition) is 2. The van der Waals surface area contributed by atoms with Gasteiger partial charge >= 0.3 is 0 Å². The number of benzene rings is 1. The van der Waals surface area contributed by atoms with Gasteiger partial charge in [0, 0.05) is 25.0 Å². The first kappa shape index (κ1) is 14.9. The van der Waals surface area contributed by atoms with Gasteiger partial charge in [0.1, 0.15) is 12.4 Å². The first-order valence-corrected chi connectivity index (χ1v) is 7.35. The SMILES string of the molecule is Cc1ccc(OCC(C)NCCC(=O)NC2CC2)cc1. The Morgan fingerprint density at radius 3 is 2.70 bits per heavy atom. The van der Waals surface area contributed by atoms with Crippen LogP contribution in [0, 0.1) is 6.92 Å². The minimum absolute atomic E-state index is 0.145. The summed E-state index contributed by atoms with van der Waals surface area (Å²) >= 11 is 0. The van der Waals surface area contributed by atoms with E-state index in [2.05, 4.69) is 24.5 Å². The van der Waals surface area contributed by atoms with E-state index in [-0.39, 0.29) is 11.9 Å². The predicted molar refractivity (Wildman–Crippen MR) is 79.9 cm³/mol. The lowest BCUT2D eigenvalue weighted by atomic mass is 10.2. The van der Waals surface area contributed by atoms with Crippen molar-refractivity contribution in [1.29, 1.82) is 0 Å². The molecule has 110 valence electrons. The molecule has 0 bridgehead atoms. The van der Waals surface area contributed by atoms with Gasteiger partial charge in [-0.2, -0.15) is 0 Å². The fourth-order valence-electron chi connectivity index (χ4n) is 1.87. The van der Waals surface area contributed by atoms with Crippen LogP contribution in [-0.4, -0.2) is 31.1 Å². The van der Waals surface area contributed by atoms with Crippen molar-refractivity contribution in [1.82, 2.24) is 10.6 Å². The van der Waals surface area contributed by atoms with Crippen LogP contribution in [0.3, 0.4) is 0 Å². The van der Waals surface area contributed by atoms with Crippen LogP contribution in [-0.2, 0) is 4.79 Å². The van der Waals surface area contributed by atoms with Gasteiger partial charge in [-0.1, -0.05) is 17.7 Å². The van der Waals surface area contributed by atoms with Crippen molar-refractivity contribution in [3.63, 3.8) is 0 Å². The third-order valence-corrected chi connectivity index (χ3v) is 3.31. The van der Waals surface area contributed by atoms with E-state index >= 15 is 0 Å². The molecule has 1 aliphatic rings. The zero-order valence-corrected chi connectivity index (χ0v) is 12.3. The molecule has 1 unspecified atom stereocenters. The van der Waals surface area contributed by atoms with Gasteiger partial charge in [0.05, 0.1) is 0 Å². The van der Waals surface area contributed by atoms with E-state index in [1.165, 1.54) is 5.56 Å². The monoisotopic (exact) mass is 276 g/mol. The molecule has 0 radical (unpaired) electrons. The molecule has 0 saturated heterocycles. The Kier molecular flexibility index (Phi) is 5.41. The summed E-state index contributed by atoms with van der Waals surface area (Å²) in [5.74, 6) is 1.03.